The van der Waals surface area contributed by atoms with E-state index in [0.717, 1.165) is 0 Å². The van der Waals surface area contributed by atoms with E-state index < -0.39 is 17.9 Å². The van der Waals surface area contributed by atoms with Gasteiger partial charge in [-0.15, -0.1) is 0 Å². The minimum Gasteiger partial charge on any atom is -0.481 e. The Kier molecular flexibility index (Phi) is 5.05. The molecular weight excluding hydrogens is 277 g/mol. The van der Waals surface area contributed by atoms with Crippen molar-refractivity contribution < 1.29 is 23.8 Å². The van der Waals surface area contributed by atoms with E-state index in [-0.39, 0.29) is 18.9 Å². The van der Waals surface area contributed by atoms with E-state index in [1.165, 1.54) is 23.1 Å². The monoisotopic (exact) mass is 293 g/mol. The van der Waals surface area contributed by atoms with Gasteiger partial charge in [-0.25, -0.2) is 4.39 Å². The first kappa shape index (κ1) is 15.2. The Morgan fingerprint density at radius 1 is 1.43 bits per heavy atom. The van der Waals surface area contributed by atoms with Crippen LogP contribution in [0.5, 0.6) is 0 Å². The standard InChI is InChI=1S/C15H16FNO4/c16-13-4-2-1-3-11(13)5-6-14(18)17-7-8-21-12(10-17)9-15(19)20/h1-6,12H,7-10H2,(H,19,20)/b6-5+/t12-/m1/s1. The normalized spacial score (nSPS) is 18.9. The van der Waals surface area contributed by atoms with Gasteiger partial charge in [0.05, 0.1) is 19.1 Å². The van der Waals surface area contributed by atoms with Gasteiger partial charge in [-0.05, 0) is 12.1 Å². The van der Waals surface area contributed by atoms with Gasteiger partial charge >= 0.3 is 5.97 Å². The Bertz CT molecular complexity index is 558. The molecular formula is C15H16FNO4. The molecule has 2 rings (SSSR count). The minimum absolute atomic E-state index is 0.138. The number of carboxylic acids is 1. The maximum atomic E-state index is 13.4. The lowest BCUT2D eigenvalue weighted by atomic mass is 10.2. The van der Waals surface area contributed by atoms with Crippen molar-refractivity contribution in [3.63, 3.8) is 0 Å². The van der Waals surface area contributed by atoms with E-state index in [1.807, 2.05) is 0 Å². The van der Waals surface area contributed by atoms with Gasteiger partial charge in [0, 0.05) is 24.7 Å². The molecule has 1 aromatic rings. The molecule has 1 atom stereocenters. The summed E-state index contributed by atoms with van der Waals surface area (Å²) in [6.45, 7) is 0.931. The van der Waals surface area contributed by atoms with Crippen LogP contribution >= 0.6 is 0 Å². The van der Waals surface area contributed by atoms with Gasteiger partial charge in [0.2, 0.25) is 5.91 Å². The van der Waals surface area contributed by atoms with Crippen LogP contribution in [0.15, 0.2) is 30.3 Å². The fourth-order valence-corrected chi connectivity index (χ4v) is 2.11. The highest BCUT2D eigenvalue weighted by Crippen LogP contribution is 2.11. The van der Waals surface area contributed by atoms with Crippen LogP contribution in [0.4, 0.5) is 4.39 Å². The summed E-state index contributed by atoms with van der Waals surface area (Å²) in [5.41, 5.74) is 0.334. The third-order valence-electron chi connectivity index (χ3n) is 3.16. The quantitative estimate of drug-likeness (QED) is 0.855. The molecule has 1 N–H and O–H groups in total. The molecule has 112 valence electrons. The smallest absolute Gasteiger partial charge is 0.306 e. The van der Waals surface area contributed by atoms with Crippen LogP contribution in [0.2, 0.25) is 0 Å². The topological polar surface area (TPSA) is 66.8 Å². The molecule has 0 aromatic heterocycles. The first-order chi connectivity index (χ1) is 10.1. The van der Waals surface area contributed by atoms with E-state index in [1.54, 1.807) is 18.2 Å². The number of amides is 1. The largest absolute Gasteiger partial charge is 0.481 e. The number of hydrogen-bond donors (Lipinski definition) is 1. The summed E-state index contributed by atoms with van der Waals surface area (Å²) in [7, 11) is 0. The zero-order valence-corrected chi connectivity index (χ0v) is 11.4. The SMILES string of the molecule is O=C(O)C[C@@H]1CN(C(=O)/C=C/c2ccccc2F)CCO1. The van der Waals surface area contributed by atoms with E-state index in [4.69, 9.17) is 9.84 Å². The second-order valence-electron chi connectivity index (χ2n) is 4.73. The molecule has 0 spiro atoms. The second kappa shape index (κ2) is 6.99. The molecule has 6 heteroatoms. The molecule has 1 heterocycles. The summed E-state index contributed by atoms with van der Waals surface area (Å²) in [5, 5.41) is 8.73. The number of hydrogen-bond acceptors (Lipinski definition) is 3. The second-order valence-corrected chi connectivity index (χ2v) is 4.73. The lowest BCUT2D eigenvalue weighted by molar-refractivity contribution is -0.145. The number of aliphatic carboxylic acids is 1. The molecule has 21 heavy (non-hydrogen) atoms. The van der Waals surface area contributed by atoms with E-state index in [9.17, 15) is 14.0 Å². The summed E-state index contributed by atoms with van der Waals surface area (Å²) >= 11 is 0. The fraction of sp³-hybridized carbons (Fsp3) is 0.333. The lowest BCUT2D eigenvalue weighted by Crippen LogP contribution is -2.45. The Labute approximate surface area is 121 Å². The van der Waals surface area contributed by atoms with Crippen LogP contribution in [-0.4, -0.2) is 47.7 Å². The van der Waals surface area contributed by atoms with Crippen LogP contribution in [0.3, 0.4) is 0 Å². The average molecular weight is 293 g/mol. The lowest BCUT2D eigenvalue weighted by Gasteiger charge is -2.31. The zero-order valence-electron chi connectivity index (χ0n) is 11.4. The molecule has 5 nitrogen and oxygen atoms in total. The van der Waals surface area contributed by atoms with Gasteiger partial charge in [-0.1, -0.05) is 18.2 Å². The van der Waals surface area contributed by atoms with Crippen LogP contribution in [0.1, 0.15) is 12.0 Å². The summed E-state index contributed by atoms with van der Waals surface area (Å²) in [5.74, 6) is -1.64. The summed E-state index contributed by atoms with van der Waals surface area (Å²) in [6.07, 6.45) is 2.07. The highest BCUT2D eigenvalue weighted by molar-refractivity contribution is 5.91. The molecule has 0 aliphatic carbocycles. The highest BCUT2D eigenvalue weighted by atomic mass is 19.1. The summed E-state index contributed by atoms with van der Waals surface area (Å²) in [4.78, 5) is 24.2. The molecule has 0 saturated carbocycles. The van der Waals surface area contributed by atoms with Crippen LogP contribution in [0, 0.1) is 5.82 Å². The van der Waals surface area contributed by atoms with Gasteiger partial charge in [-0.2, -0.15) is 0 Å². The molecule has 0 radical (unpaired) electrons. The average Bonchev–Trinajstić information content (AvgIpc) is 2.45. The van der Waals surface area contributed by atoms with Crippen molar-refractivity contribution in [3.8, 4) is 0 Å². The third kappa shape index (κ3) is 4.39. The molecule has 0 bridgehead atoms. The minimum atomic E-state index is -0.962. The van der Waals surface area contributed by atoms with E-state index in [2.05, 4.69) is 0 Å². The first-order valence-electron chi connectivity index (χ1n) is 6.61. The first-order valence-corrected chi connectivity index (χ1v) is 6.61. The highest BCUT2D eigenvalue weighted by Gasteiger charge is 2.24. The third-order valence-corrected chi connectivity index (χ3v) is 3.16. The number of benzene rings is 1. The van der Waals surface area contributed by atoms with E-state index >= 15 is 0 Å². The summed E-state index contributed by atoms with van der Waals surface area (Å²) < 4.78 is 18.7. The molecule has 1 fully saturated rings. The van der Waals surface area contributed by atoms with Gasteiger partial charge in [-0.3, -0.25) is 9.59 Å². The molecule has 0 unspecified atom stereocenters. The fourth-order valence-electron chi connectivity index (χ4n) is 2.11. The van der Waals surface area contributed by atoms with Gasteiger partial charge in [0.15, 0.2) is 0 Å². The van der Waals surface area contributed by atoms with Crippen molar-refractivity contribution in [1.82, 2.24) is 4.90 Å². The number of nitrogens with zero attached hydrogens (tertiary/aromatic N) is 1. The van der Waals surface area contributed by atoms with Gasteiger partial charge < -0.3 is 14.7 Å². The molecule has 1 aliphatic heterocycles. The number of carboxylic acid groups (broad SMARTS) is 1. The number of rotatable bonds is 4. The Hall–Kier alpha value is -2.21. The number of carbonyl (C=O) groups excluding carboxylic acids is 1. The van der Waals surface area contributed by atoms with Crippen molar-refractivity contribution in [3.05, 3.63) is 41.7 Å². The van der Waals surface area contributed by atoms with Crippen LogP contribution in [-0.2, 0) is 14.3 Å². The van der Waals surface area contributed by atoms with Gasteiger partial charge in [0.1, 0.15) is 5.82 Å². The number of morpholine rings is 1. The predicted molar refractivity (Wildman–Crippen MR) is 74.0 cm³/mol. The Morgan fingerprint density at radius 2 is 2.19 bits per heavy atom. The van der Waals surface area contributed by atoms with Crippen molar-refractivity contribution in [2.75, 3.05) is 19.7 Å². The Morgan fingerprint density at radius 3 is 2.90 bits per heavy atom. The molecule has 1 aliphatic rings. The van der Waals surface area contributed by atoms with Crippen LogP contribution < -0.4 is 0 Å². The van der Waals surface area contributed by atoms with Gasteiger partial charge in [0.25, 0.3) is 0 Å². The Balaban J connectivity index is 1.96. The zero-order chi connectivity index (χ0) is 15.2. The molecule has 1 saturated heterocycles. The maximum Gasteiger partial charge on any atom is 0.306 e. The number of ether oxygens (including phenoxy) is 1. The number of carbonyl (C=O) groups is 2. The predicted octanol–water partition coefficient (Wildman–Crippen LogP) is 1.54. The van der Waals surface area contributed by atoms with Crippen molar-refractivity contribution in [2.24, 2.45) is 0 Å². The van der Waals surface area contributed by atoms with Crippen LogP contribution in [0.25, 0.3) is 6.08 Å². The van der Waals surface area contributed by atoms with Crippen molar-refractivity contribution in [1.29, 1.82) is 0 Å². The van der Waals surface area contributed by atoms with Crippen molar-refractivity contribution in [2.45, 2.75) is 12.5 Å². The molecule has 1 aromatic carbocycles. The molecule has 1 amide bonds. The van der Waals surface area contributed by atoms with E-state index in [0.29, 0.717) is 18.7 Å². The maximum absolute atomic E-state index is 13.4. The van der Waals surface area contributed by atoms with Crippen molar-refractivity contribution >= 4 is 18.0 Å². The number of halogens is 1. The summed E-state index contributed by atoms with van der Waals surface area (Å²) in [6, 6.07) is 6.16.